The van der Waals surface area contributed by atoms with Gasteiger partial charge in [0.25, 0.3) is 0 Å². The Morgan fingerprint density at radius 1 is 1.60 bits per heavy atom. The molecule has 0 aliphatic carbocycles. The molecule has 0 bridgehead atoms. The lowest BCUT2D eigenvalue weighted by Gasteiger charge is -2.04. The van der Waals surface area contributed by atoms with Gasteiger partial charge in [-0.2, -0.15) is 0 Å². The molecule has 0 atom stereocenters. The standard InChI is InChI=1S/C11H11BrN2S/c1-2-3-5-14-8-13-7-10(14)11-9(12)4-6-15-11/h2,4,6-8H,1,3,5H2. The molecule has 0 N–H and O–H groups in total. The number of rotatable bonds is 4. The van der Waals surface area contributed by atoms with Crippen LogP contribution in [-0.2, 0) is 6.54 Å². The van der Waals surface area contributed by atoms with Crippen LogP contribution in [0.4, 0.5) is 0 Å². The van der Waals surface area contributed by atoms with Gasteiger partial charge in [-0.1, -0.05) is 6.08 Å². The Morgan fingerprint density at radius 3 is 3.13 bits per heavy atom. The molecular formula is C11H11BrN2S. The number of aryl methyl sites for hydroxylation is 1. The molecule has 0 spiro atoms. The van der Waals surface area contributed by atoms with Gasteiger partial charge in [0.15, 0.2) is 0 Å². The highest BCUT2D eigenvalue weighted by Crippen LogP contribution is 2.33. The molecular weight excluding hydrogens is 272 g/mol. The Bertz CT molecular complexity index is 459. The van der Waals surface area contributed by atoms with Gasteiger partial charge in [0.05, 0.1) is 23.1 Å². The first-order valence-corrected chi connectivity index (χ1v) is 6.34. The van der Waals surface area contributed by atoms with Gasteiger partial charge in [-0.3, -0.25) is 0 Å². The van der Waals surface area contributed by atoms with Crippen LogP contribution in [0.3, 0.4) is 0 Å². The van der Waals surface area contributed by atoms with E-state index in [1.807, 2.05) is 18.6 Å². The zero-order valence-electron chi connectivity index (χ0n) is 8.19. The second-order valence-corrected chi connectivity index (χ2v) is 4.92. The number of imidazole rings is 1. The molecule has 0 saturated carbocycles. The van der Waals surface area contributed by atoms with Gasteiger partial charge in [0, 0.05) is 11.0 Å². The van der Waals surface area contributed by atoms with E-state index in [9.17, 15) is 0 Å². The van der Waals surface area contributed by atoms with Crippen molar-refractivity contribution in [3.8, 4) is 10.6 Å². The molecule has 0 aliphatic rings. The molecule has 0 amide bonds. The van der Waals surface area contributed by atoms with Crippen LogP contribution >= 0.6 is 27.3 Å². The number of aromatic nitrogens is 2. The van der Waals surface area contributed by atoms with E-state index in [1.165, 1.54) is 10.6 Å². The lowest BCUT2D eigenvalue weighted by Crippen LogP contribution is -1.96. The summed E-state index contributed by atoms with van der Waals surface area (Å²) in [5, 5.41) is 2.07. The molecule has 2 rings (SSSR count). The predicted octanol–water partition coefficient (Wildman–Crippen LogP) is 3.95. The summed E-state index contributed by atoms with van der Waals surface area (Å²) in [7, 11) is 0. The summed E-state index contributed by atoms with van der Waals surface area (Å²) in [5.41, 5.74) is 1.17. The Morgan fingerprint density at radius 2 is 2.47 bits per heavy atom. The van der Waals surface area contributed by atoms with Crippen LogP contribution in [0.5, 0.6) is 0 Å². The van der Waals surface area contributed by atoms with Gasteiger partial charge in [-0.25, -0.2) is 4.98 Å². The first-order chi connectivity index (χ1) is 7.33. The summed E-state index contributed by atoms with van der Waals surface area (Å²) in [6.07, 6.45) is 6.66. The first-order valence-electron chi connectivity index (χ1n) is 4.67. The zero-order valence-corrected chi connectivity index (χ0v) is 10.6. The molecule has 2 aromatic heterocycles. The quantitative estimate of drug-likeness (QED) is 0.777. The highest BCUT2D eigenvalue weighted by atomic mass is 79.9. The van der Waals surface area contributed by atoms with E-state index in [0.717, 1.165) is 17.4 Å². The fraction of sp³-hybridized carbons (Fsp3) is 0.182. The van der Waals surface area contributed by atoms with Crippen molar-refractivity contribution in [2.75, 3.05) is 0 Å². The minimum atomic E-state index is 0.934. The molecule has 78 valence electrons. The largest absolute Gasteiger partial charge is 0.330 e. The van der Waals surface area contributed by atoms with Crippen molar-refractivity contribution in [2.45, 2.75) is 13.0 Å². The van der Waals surface area contributed by atoms with Crippen molar-refractivity contribution in [2.24, 2.45) is 0 Å². The summed E-state index contributed by atoms with van der Waals surface area (Å²) < 4.78 is 3.28. The normalized spacial score (nSPS) is 10.5. The zero-order chi connectivity index (χ0) is 10.7. The molecule has 4 heteroatoms. The summed E-state index contributed by atoms with van der Waals surface area (Å²) in [5.74, 6) is 0. The monoisotopic (exact) mass is 282 g/mol. The van der Waals surface area contributed by atoms with Crippen molar-refractivity contribution >= 4 is 27.3 Å². The summed E-state index contributed by atoms with van der Waals surface area (Å²) in [4.78, 5) is 5.42. The molecule has 0 aliphatic heterocycles. The SMILES string of the molecule is C=CCCn1cncc1-c1sccc1Br. The molecule has 15 heavy (non-hydrogen) atoms. The second-order valence-electron chi connectivity index (χ2n) is 3.15. The first kappa shape index (κ1) is 10.6. The Balaban J connectivity index is 2.32. The van der Waals surface area contributed by atoms with Crippen molar-refractivity contribution in [1.29, 1.82) is 0 Å². The topological polar surface area (TPSA) is 17.8 Å². The number of allylic oxidation sites excluding steroid dienone is 1. The Kier molecular flexibility index (Phi) is 3.38. The average molecular weight is 283 g/mol. The van der Waals surface area contributed by atoms with Crippen LogP contribution < -0.4 is 0 Å². The fourth-order valence-corrected chi connectivity index (χ4v) is 3.00. The molecule has 0 radical (unpaired) electrons. The molecule has 2 nitrogen and oxygen atoms in total. The maximum absolute atomic E-state index is 4.19. The van der Waals surface area contributed by atoms with Crippen LogP contribution in [-0.4, -0.2) is 9.55 Å². The minimum Gasteiger partial charge on any atom is -0.330 e. The number of nitrogens with zero attached hydrogens (tertiary/aromatic N) is 2. The number of hydrogen-bond donors (Lipinski definition) is 0. The average Bonchev–Trinajstić information content (AvgIpc) is 2.82. The Labute approximate surface area is 101 Å². The smallest absolute Gasteiger partial charge is 0.0951 e. The summed E-state index contributed by atoms with van der Waals surface area (Å²) >= 11 is 5.26. The predicted molar refractivity (Wildman–Crippen MR) is 68.1 cm³/mol. The molecule has 2 heterocycles. The molecule has 0 saturated heterocycles. The lowest BCUT2D eigenvalue weighted by molar-refractivity contribution is 0.717. The van der Waals surface area contributed by atoms with E-state index in [0.29, 0.717) is 0 Å². The van der Waals surface area contributed by atoms with Crippen molar-refractivity contribution in [3.05, 3.63) is 41.1 Å². The third kappa shape index (κ3) is 2.21. The third-order valence-corrected chi connectivity index (χ3v) is 4.00. The third-order valence-electron chi connectivity index (χ3n) is 2.14. The van der Waals surface area contributed by atoms with Crippen molar-refractivity contribution in [3.63, 3.8) is 0 Å². The van der Waals surface area contributed by atoms with Crippen LogP contribution in [0.1, 0.15) is 6.42 Å². The van der Waals surface area contributed by atoms with Gasteiger partial charge >= 0.3 is 0 Å². The number of thiophene rings is 1. The van der Waals surface area contributed by atoms with Gasteiger partial charge in [-0.15, -0.1) is 17.9 Å². The van der Waals surface area contributed by atoms with Crippen LogP contribution in [0, 0.1) is 0 Å². The molecule has 2 aromatic rings. The van der Waals surface area contributed by atoms with E-state index in [-0.39, 0.29) is 0 Å². The van der Waals surface area contributed by atoms with E-state index < -0.39 is 0 Å². The van der Waals surface area contributed by atoms with Crippen LogP contribution in [0.15, 0.2) is 41.1 Å². The molecule has 0 fully saturated rings. The second kappa shape index (κ2) is 4.77. The van der Waals surface area contributed by atoms with Crippen LogP contribution in [0.25, 0.3) is 10.6 Å². The minimum absolute atomic E-state index is 0.934. The summed E-state index contributed by atoms with van der Waals surface area (Å²) in [6, 6.07) is 2.06. The van der Waals surface area contributed by atoms with Crippen molar-refractivity contribution < 1.29 is 0 Å². The van der Waals surface area contributed by atoms with E-state index in [1.54, 1.807) is 11.3 Å². The molecule has 0 aromatic carbocycles. The van der Waals surface area contributed by atoms with Gasteiger partial charge in [0.2, 0.25) is 0 Å². The number of hydrogen-bond acceptors (Lipinski definition) is 2. The van der Waals surface area contributed by atoms with Gasteiger partial charge in [-0.05, 0) is 33.8 Å². The van der Waals surface area contributed by atoms with E-state index >= 15 is 0 Å². The number of halogens is 1. The van der Waals surface area contributed by atoms with Crippen molar-refractivity contribution in [1.82, 2.24) is 9.55 Å². The van der Waals surface area contributed by atoms with E-state index in [4.69, 9.17) is 0 Å². The lowest BCUT2D eigenvalue weighted by atomic mass is 10.3. The Hall–Kier alpha value is -0.870. The fourth-order valence-electron chi connectivity index (χ4n) is 1.39. The maximum Gasteiger partial charge on any atom is 0.0951 e. The van der Waals surface area contributed by atoms with Gasteiger partial charge in [0.1, 0.15) is 0 Å². The van der Waals surface area contributed by atoms with Gasteiger partial charge < -0.3 is 4.57 Å². The van der Waals surface area contributed by atoms with E-state index in [2.05, 4.69) is 43.5 Å². The molecule has 0 unspecified atom stereocenters. The highest BCUT2D eigenvalue weighted by molar-refractivity contribution is 9.10. The highest BCUT2D eigenvalue weighted by Gasteiger charge is 2.09. The maximum atomic E-state index is 4.19. The summed E-state index contributed by atoms with van der Waals surface area (Å²) in [6.45, 7) is 4.66. The van der Waals surface area contributed by atoms with Crippen LogP contribution in [0.2, 0.25) is 0 Å².